The molecule has 2 aromatic rings. The number of amides is 1. The van der Waals surface area contributed by atoms with Gasteiger partial charge < -0.3 is 14.2 Å². The Kier molecular flexibility index (Phi) is 4.98. The number of fused-ring (bicyclic) bond motifs is 1. The smallest absolute Gasteiger partial charge is 0.406 e. The summed E-state index contributed by atoms with van der Waals surface area (Å²) in [5.74, 6) is -0.0643. The minimum atomic E-state index is -4.74. The van der Waals surface area contributed by atoms with Crippen molar-refractivity contribution in [3.05, 3.63) is 39.7 Å². The molecule has 0 saturated carbocycles. The van der Waals surface area contributed by atoms with Gasteiger partial charge in [-0.1, -0.05) is 26.0 Å². The molecule has 4 nitrogen and oxygen atoms in total. The van der Waals surface area contributed by atoms with Crippen LogP contribution in [0.3, 0.4) is 0 Å². The molecule has 0 N–H and O–H groups in total. The second kappa shape index (κ2) is 6.79. The summed E-state index contributed by atoms with van der Waals surface area (Å²) in [7, 11) is 1.76. The van der Waals surface area contributed by atoms with E-state index < -0.39 is 6.36 Å². The quantitative estimate of drug-likeness (QED) is 0.586. The molecule has 0 aliphatic carbocycles. The van der Waals surface area contributed by atoms with E-state index in [0.29, 0.717) is 23.7 Å². The van der Waals surface area contributed by atoms with Crippen LogP contribution in [-0.4, -0.2) is 35.3 Å². The van der Waals surface area contributed by atoms with Crippen LogP contribution in [0.4, 0.5) is 13.2 Å². The van der Waals surface area contributed by atoms with E-state index in [1.54, 1.807) is 24.1 Å². The van der Waals surface area contributed by atoms with Gasteiger partial charge in [0, 0.05) is 19.2 Å². The first-order valence-corrected chi connectivity index (χ1v) is 9.18. The van der Waals surface area contributed by atoms with Gasteiger partial charge in [0.25, 0.3) is 5.91 Å². The fourth-order valence-electron chi connectivity index (χ4n) is 3.20. The summed E-state index contributed by atoms with van der Waals surface area (Å²) in [4.78, 5) is 14.2. The predicted molar refractivity (Wildman–Crippen MR) is 100 cm³/mol. The maximum Gasteiger partial charge on any atom is 0.573 e. The van der Waals surface area contributed by atoms with Crippen molar-refractivity contribution in [3.63, 3.8) is 0 Å². The van der Waals surface area contributed by atoms with Crippen molar-refractivity contribution in [2.75, 3.05) is 13.6 Å². The number of rotatable bonds is 3. The molecule has 0 fully saturated rings. The SMILES string of the molecule is CC(C)[C@H]1CN(C)C(=O)c2cc(-c3cccc(OC(F)(F)F)c3)c(I)n21. The van der Waals surface area contributed by atoms with Gasteiger partial charge in [-0.2, -0.15) is 0 Å². The van der Waals surface area contributed by atoms with Crippen molar-refractivity contribution in [1.82, 2.24) is 9.47 Å². The normalized spacial score (nSPS) is 17.6. The first kappa shape index (κ1) is 19.1. The number of carbonyl (C=O) groups excluding carboxylic acids is 1. The van der Waals surface area contributed by atoms with Crippen LogP contribution in [0.2, 0.25) is 0 Å². The third-order valence-electron chi connectivity index (χ3n) is 4.48. The first-order chi connectivity index (χ1) is 12.1. The van der Waals surface area contributed by atoms with Gasteiger partial charge in [-0.3, -0.25) is 4.79 Å². The average molecular weight is 478 g/mol. The topological polar surface area (TPSA) is 34.5 Å². The average Bonchev–Trinajstić information content (AvgIpc) is 2.87. The Hall–Kier alpha value is -1.71. The van der Waals surface area contributed by atoms with Crippen LogP contribution in [0.5, 0.6) is 5.75 Å². The second-order valence-corrected chi connectivity index (χ2v) is 7.70. The third kappa shape index (κ3) is 3.56. The molecule has 1 aromatic carbocycles. The number of nitrogens with zero attached hydrogens (tertiary/aromatic N) is 2. The Bertz CT molecular complexity index is 845. The van der Waals surface area contributed by atoms with E-state index >= 15 is 0 Å². The number of aromatic nitrogens is 1. The molecule has 0 saturated heterocycles. The van der Waals surface area contributed by atoms with Crippen molar-refractivity contribution in [3.8, 4) is 16.9 Å². The highest BCUT2D eigenvalue weighted by atomic mass is 127. The summed E-state index contributed by atoms with van der Waals surface area (Å²) in [6.45, 7) is 4.78. The number of carbonyl (C=O) groups is 1. The molecule has 0 spiro atoms. The van der Waals surface area contributed by atoms with E-state index in [4.69, 9.17) is 0 Å². The van der Waals surface area contributed by atoms with E-state index in [0.717, 1.165) is 9.26 Å². The lowest BCUT2D eigenvalue weighted by atomic mass is 10.0. The molecule has 0 unspecified atom stereocenters. The number of ether oxygens (including phenoxy) is 1. The van der Waals surface area contributed by atoms with Crippen molar-refractivity contribution >= 4 is 28.5 Å². The zero-order valence-corrected chi connectivity index (χ0v) is 16.6. The molecule has 1 aromatic heterocycles. The zero-order valence-electron chi connectivity index (χ0n) is 14.5. The molecule has 140 valence electrons. The minimum Gasteiger partial charge on any atom is -0.406 e. The van der Waals surface area contributed by atoms with Gasteiger partial charge in [0.15, 0.2) is 0 Å². The van der Waals surface area contributed by atoms with E-state index in [1.807, 2.05) is 4.57 Å². The number of benzene rings is 1. The summed E-state index contributed by atoms with van der Waals surface area (Å²) in [6, 6.07) is 7.69. The fourth-order valence-corrected chi connectivity index (χ4v) is 4.29. The highest BCUT2D eigenvalue weighted by Gasteiger charge is 2.34. The number of alkyl halides is 3. The maximum atomic E-state index is 12.6. The summed E-state index contributed by atoms with van der Waals surface area (Å²) in [6.07, 6.45) is -4.74. The monoisotopic (exact) mass is 478 g/mol. The van der Waals surface area contributed by atoms with Gasteiger partial charge in [0.2, 0.25) is 0 Å². The lowest BCUT2D eigenvalue weighted by molar-refractivity contribution is -0.274. The summed E-state index contributed by atoms with van der Waals surface area (Å²) in [5.41, 5.74) is 1.86. The molecule has 1 aliphatic heterocycles. The lowest BCUT2D eigenvalue weighted by Crippen LogP contribution is -2.42. The molecule has 26 heavy (non-hydrogen) atoms. The van der Waals surface area contributed by atoms with Gasteiger partial charge in [-0.15, -0.1) is 13.2 Å². The minimum absolute atomic E-state index is 0.0891. The number of likely N-dealkylation sites (N-methyl/N-ethyl adjacent to an activating group) is 1. The second-order valence-electron chi connectivity index (χ2n) is 6.68. The van der Waals surface area contributed by atoms with Crippen LogP contribution in [0.1, 0.15) is 30.4 Å². The molecule has 3 rings (SSSR count). The van der Waals surface area contributed by atoms with E-state index in [2.05, 4.69) is 41.2 Å². The Morgan fingerprint density at radius 1 is 1.27 bits per heavy atom. The summed E-state index contributed by atoms with van der Waals surface area (Å²) in [5, 5.41) is 0. The molecule has 0 bridgehead atoms. The molecule has 1 amide bonds. The van der Waals surface area contributed by atoms with Gasteiger partial charge in [-0.05, 0) is 52.3 Å². The van der Waals surface area contributed by atoms with E-state index in [-0.39, 0.29) is 17.7 Å². The van der Waals surface area contributed by atoms with Gasteiger partial charge in [0.05, 0.1) is 9.74 Å². The van der Waals surface area contributed by atoms with Crippen LogP contribution in [0, 0.1) is 9.62 Å². The predicted octanol–water partition coefficient (Wildman–Crippen LogP) is 4.94. The van der Waals surface area contributed by atoms with Crippen molar-refractivity contribution in [2.45, 2.75) is 26.3 Å². The number of hydrogen-bond donors (Lipinski definition) is 0. The number of hydrogen-bond acceptors (Lipinski definition) is 2. The van der Waals surface area contributed by atoms with E-state index in [9.17, 15) is 18.0 Å². The van der Waals surface area contributed by atoms with Gasteiger partial charge >= 0.3 is 6.36 Å². The third-order valence-corrected chi connectivity index (χ3v) is 5.58. The Morgan fingerprint density at radius 3 is 2.58 bits per heavy atom. The molecule has 1 aliphatic rings. The Labute approximate surface area is 163 Å². The summed E-state index contributed by atoms with van der Waals surface area (Å²) < 4.78 is 44.3. The maximum absolute atomic E-state index is 12.6. The van der Waals surface area contributed by atoms with Crippen LogP contribution < -0.4 is 4.74 Å². The lowest BCUT2D eigenvalue weighted by Gasteiger charge is -2.35. The van der Waals surface area contributed by atoms with Gasteiger partial charge in [0.1, 0.15) is 11.4 Å². The fraction of sp³-hybridized carbons (Fsp3) is 0.389. The molecule has 1 atom stereocenters. The molecular formula is C18H18F3IN2O2. The Balaban J connectivity index is 2.09. The molecule has 0 radical (unpaired) electrons. The molecule has 2 heterocycles. The largest absolute Gasteiger partial charge is 0.573 e. The summed E-state index contributed by atoms with van der Waals surface area (Å²) >= 11 is 2.16. The molecular weight excluding hydrogens is 460 g/mol. The van der Waals surface area contributed by atoms with Crippen LogP contribution in [-0.2, 0) is 0 Å². The van der Waals surface area contributed by atoms with Crippen LogP contribution >= 0.6 is 22.6 Å². The standard InChI is InChI=1S/C18H18F3IN2O2/c1-10(2)15-9-23(3)17(25)14-8-13(16(22)24(14)15)11-5-4-6-12(7-11)26-18(19,20)21/h4-8,10,15H,9H2,1-3H3/t15-/m1/s1. The molecule has 8 heteroatoms. The highest BCUT2D eigenvalue weighted by molar-refractivity contribution is 14.1. The first-order valence-electron chi connectivity index (χ1n) is 8.11. The zero-order chi connectivity index (χ0) is 19.2. The van der Waals surface area contributed by atoms with Crippen LogP contribution in [0.25, 0.3) is 11.1 Å². The van der Waals surface area contributed by atoms with Crippen molar-refractivity contribution in [1.29, 1.82) is 0 Å². The van der Waals surface area contributed by atoms with Crippen molar-refractivity contribution < 1.29 is 22.7 Å². The van der Waals surface area contributed by atoms with E-state index in [1.165, 1.54) is 18.2 Å². The van der Waals surface area contributed by atoms with Crippen molar-refractivity contribution in [2.24, 2.45) is 5.92 Å². The van der Waals surface area contributed by atoms with Gasteiger partial charge in [-0.25, -0.2) is 0 Å². The Morgan fingerprint density at radius 2 is 1.96 bits per heavy atom. The number of halogens is 4. The highest BCUT2D eigenvalue weighted by Crippen LogP contribution is 2.38. The van der Waals surface area contributed by atoms with Crippen LogP contribution in [0.15, 0.2) is 30.3 Å².